The Balaban J connectivity index is 3.31. The van der Waals surface area contributed by atoms with Crippen molar-refractivity contribution >= 4 is 5.97 Å². The lowest BCUT2D eigenvalue weighted by molar-refractivity contribution is -0.137. The maximum absolute atomic E-state index is 10.3. The number of aliphatic hydroxyl groups excluding tert-OH is 2. The Bertz CT molecular complexity index is 255. The fourth-order valence-electron chi connectivity index (χ4n) is 2.67. The zero-order valence-electron chi connectivity index (χ0n) is 14.3. The van der Waals surface area contributed by atoms with Crippen molar-refractivity contribution < 1.29 is 20.1 Å². The molecule has 0 unspecified atom stereocenters. The van der Waals surface area contributed by atoms with Crippen LogP contribution in [0.25, 0.3) is 0 Å². The summed E-state index contributed by atoms with van der Waals surface area (Å²) in [4.78, 5) is 10.3. The number of aliphatic carboxylic acids is 1. The lowest BCUT2D eigenvalue weighted by Crippen LogP contribution is -2.13. The van der Waals surface area contributed by atoms with Crippen molar-refractivity contribution in [1.82, 2.24) is 0 Å². The number of rotatable bonds is 16. The molecule has 132 valence electrons. The Kier molecular flexibility index (Phi) is 14.9. The molecule has 0 saturated carbocycles. The molecule has 4 heteroatoms. The van der Waals surface area contributed by atoms with Gasteiger partial charge in [0.15, 0.2) is 0 Å². The lowest BCUT2D eigenvalue weighted by Gasteiger charge is -2.14. The van der Waals surface area contributed by atoms with Gasteiger partial charge in [0, 0.05) is 6.42 Å². The van der Waals surface area contributed by atoms with Gasteiger partial charge in [-0.15, -0.1) is 0 Å². The minimum atomic E-state index is -0.708. The van der Waals surface area contributed by atoms with Gasteiger partial charge in [-0.3, -0.25) is 4.79 Å². The number of carbonyl (C=O) groups is 1. The molecule has 0 aliphatic rings. The number of hydrogen-bond donors (Lipinski definition) is 3. The molecule has 3 N–H and O–H groups in total. The average Bonchev–Trinajstić information content (AvgIpc) is 2.47. The fraction of sp³-hybridized carbons (Fsp3) is 0.944. The number of unbranched alkanes of at least 4 members (excludes halogenated alkanes) is 7. The van der Waals surface area contributed by atoms with Crippen LogP contribution in [-0.4, -0.2) is 33.5 Å². The maximum atomic E-state index is 10.3. The van der Waals surface area contributed by atoms with E-state index in [4.69, 9.17) is 5.11 Å². The topological polar surface area (TPSA) is 77.8 Å². The molecule has 0 saturated heterocycles. The van der Waals surface area contributed by atoms with Crippen LogP contribution in [0, 0.1) is 0 Å². The molecule has 0 aliphatic heterocycles. The van der Waals surface area contributed by atoms with E-state index in [0.29, 0.717) is 12.8 Å². The fourth-order valence-corrected chi connectivity index (χ4v) is 2.67. The molecule has 2 atom stereocenters. The largest absolute Gasteiger partial charge is 0.481 e. The van der Waals surface area contributed by atoms with Gasteiger partial charge in [0.2, 0.25) is 0 Å². The van der Waals surface area contributed by atoms with E-state index >= 15 is 0 Å². The van der Waals surface area contributed by atoms with E-state index in [1.54, 1.807) is 0 Å². The third kappa shape index (κ3) is 15.8. The second-order valence-electron chi connectivity index (χ2n) is 6.43. The molecule has 0 amide bonds. The minimum Gasteiger partial charge on any atom is -0.481 e. The first-order valence-corrected chi connectivity index (χ1v) is 9.14. The monoisotopic (exact) mass is 316 g/mol. The summed E-state index contributed by atoms with van der Waals surface area (Å²) in [6, 6.07) is 0. The summed E-state index contributed by atoms with van der Waals surface area (Å²) in [5, 5.41) is 28.2. The summed E-state index contributed by atoms with van der Waals surface area (Å²) >= 11 is 0. The van der Waals surface area contributed by atoms with Crippen molar-refractivity contribution in [2.75, 3.05) is 0 Å². The quantitative estimate of drug-likeness (QED) is 0.371. The van der Waals surface area contributed by atoms with Gasteiger partial charge in [-0.05, 0) is 32.1 Å². The molecule has 0 aliphatic carbocycles. The van der Waals surface area contributed by atoms with Gasteiger partial charge in [-0.1, -0.05) is 58.3 Å². The Morgan fingerprint density at radius 1 is 0.727 bits per heavy atom. The predicted octanol–water partition coefficient (Wildman–Crippen LogP) is 4.27. The summed E-state index contributed by atoms with van der Waals surface area (Å²) < 4.78 is 0. The zero-order chi connectivity index (χ0) is 16.6. The SMILES string of the molecule is CCCCC[C@H](O)CC[C@@H](O)CCCCCCCCC(=O)O. The molecular formula is C18H36O4. The van der Waals surface area contributed by atoms with Crippen LogP contribution in [-0.2, 0) is 4.79 Å². The van der Waals surface area contributed by atoms with E-state index in [-0.39, 0.29) is 18.6 Å². The van der Waals surface area contributed by atoms with Gasteiger partial charge in [-0.25, -0.2) is 0 Å². The van der Waals surface area contributed by atoms with E-state index < -0.39 is 5.97 Å². The molecule has 0 fully saturated rings. The van der Waals surface area contributed by atoms with Crippen LogP contribution in [0.3, 0.4) is 0 Å². The van der Waals surface area contributed by atoms with Crippen molar-refractivity contribution in [1.29, 1.82) is 0 Å². The van der Waals surface area contributed by atoms with Crippen molar-refractivity contribution in [2.45, 2.75) is 109 Å². The first-order valence-electron chi connectivity index (χ1n) is 9.14. The van der Waals surface area contributed by atoms with Crippen molar-refractivity contribution in [2.24, 2.45) is 0 Å². The molecule has 0 aromatic heterocycles. The second-order valence-corrected chi connectivity index (χ2v) is 6.43. The molecule has 4 nitrogen and oxygen atoms in total. The van der Waals surface area contributed by atoms with Gasteiger partial charge in [0.1, 0.15) is 0 Å². The minimum absolute atomic E-state index is 0.254. The number of carboxylic acid groups (broad SMARTS) is 1. The van der Waals surface area contributed by atoms with Gasteiger partial charge in [-0.2, -0.15) is 0 Å². The van der Waals surface area contributed by atoms with E-state index in [0.717, 1.165) is 57.8 Å². The smallest absolute Gasteiger partial charge is 0.303 e. The van der Waals surface area contributed by atoms with Crippen LogP contribution < -0.4 is 0 Å². The summed E-state index contributed by atoms with van der Waals surface area (Å²) in [7, 11) is 0. The van der Waals surface area contributed by atoms with E-state index in [1.807, 2.05) is 0 Å². The van der Waals surface area contributed by atoms with Crippen LogP contribution >= 0.6 is 0 Å². The maximum Gasteiger partial charge on any atom is 0.303 e. The molecule has 22 heavy (non-hydrogen) atoms. The van der Waals surface area contributed by atoms with Gasteiger partial charge in [0.05, 0.1) is 12.2 Å². The number of carboxylic acids is 1. The van der Waals surface area contributed by atoms with Crippen molar-refractivity contribution in [3.8, 4) is 0 Å². The first kappa shape index (κ1) is 21.4. The normalized spacial score (nSPS) is 14.0. The highest BCUT2D eigenvalue weighted by atomic mass is 16.4. The Hall–Kier alpha value is -0.610. The average molecular weight is 316 g/mol. The van der Waals surface area contributed by atoms with E-state index in [2.05, 4.69) is 6.92 Å². The highest BCUT2D eigenvalue weighted by Gasteiger charge is 2.09. The van der Waals surface area contributed by atoms with Gasteiger partial charge in [0.25, 0.3) is 0 Å². The molecule has 0 rings (SSSR count). The molecular weight excluding hydrogens is 280 g/mol. The Morgan fingerprint density at radius 3 is 1.68 bits per heavy atom. The van der Waals surface area contributed by atoms with E-state index in [1.165, 1.54) is 12.8 Å². The second kappa shape index (κ2) is 15.3. The highest BCUT2D eigenvalue weighted by Crippen LogP contribution is 2.14. The third-order valence-corrected chi connectivity index (χ3v) is 4.15. The third-order valence-electron chi connectivity index (χ3n) is 4.15. The summed E-state index contributed by atoms with van der Waals surface area (Å²) in [6.07, 6.45) is 12.3. The van der Waals surface area contributed by atoms with Crippen LogP contribution in [0.5, 0.6) is 0 Å². The van der Waals surface area contributed by atoms with Crippen molar-refractivity contribution in [3.63, 3.8) is 0 Å². The summed E-state index contributed by atoms with van der Waals surface area (Å²) in [5.74, 6) is -0.708. The van der Waals surface area contributed by atoms with Crippen molar-refractivity contribution in [3.05, 3.63) is 0 Å². The van der Waals surface area contributed by atoms with Crippen LogP contribution in [0.15, 0.2) is 0 Å². The molecule has 0 radical (unpaired) electrons. The zero-order valence-corrected chi connectivity index (χ0v) is 14.3. The first-order chi connectivity index (χ1) is 10.6. The predicted molar refractivity (Wildman–Crippen MR) is 90.0 cm³/mol. The van der Waals surface area contributed by atoms with Gasteiger partial charge < -0.3 is 15.3 Å². The van der Waals surface area contributed by atoms with Crippen LogP contribution in [0.1, 0.15) is 96.8 Å². The Labute approximate surface area is 135 Å². The van der Waals surface area contributed by atoms with E-state index in [9.17, 15) is 15.0 Å². The molecule has 0 aromatic carbocycles. The Morgan fingerprint density at radius 2 is 1.18 bits per heavy atom. The number of hydrogen-bond acceptors (Lipinski definition) is 3. The molecule has 0 spiro atoms. The van der Waals surface area contributed by atoms with Gasteiger partial charge >= 0.3 is 5.97 Å². The molecule has 0 bridgehead atoms. The summed E-state index contributed by atoms with van der Waals surface area (Å²) in [5.41, 5.74) is 0. The van der Waals surface area contributed by atoms with Crippen LogP contribution in [0.4, 0.5) is 0 Å². The number of aliphatic hydroxyl groups is 2. The highest BCUT2D eigenvalue weighted by molar-refractivity contribution is 5.66. The lowest BCUT2D eigenvalue weighted by atomic mass is 10.0. The standard InChI is InChI=1S/C18H36O4/c1-2-3-8-11-16(19)14-15-17(20)12-9-6-4-5-7-10-13-18(21)22/h16-17,19-20H,2-15H2,1H3,(H,21,22)/t16-,17-/m0/s1. The molecule has 0 aromatic rings. The van der Waals surface area contributed by atoms with Crippen LogP contribution in [0.2, 0.25) is 0 Å². The molecule has 0 heterocycles. The summed E-state index contributed by atoms with van der Waals surface area (Å²) in [6.45, 7) is 2.16.